The lowest BCUT2D eigenvalue weighted by molar-refractivity contribution is 0.0909. The van der Waals surface area contributed by atoms with Crippen LogP contribution in [0.15, 0.2) is 85.2 Å². The second kappa shape index (κ2) is 9.87. The fourth-order valence-electron chi connectivity index (χ4n) is 4.10. The van der Waals surface area contributed by atoms with Gasteiger partial charge in [0, 0.05) is 17.7 Å². The van der Waals surface area contributed by atoms with Gasteiger partial charge in [0.25, 0.3) is 23.6 Å². The van der Waals surface area contributed by atoms with Gasteiger partial charge < -0.3 is 0 Å². The van der Waals surface area contributed by atoms with E-state index in [9.17, 15) is 19.2 Å². The quantitative estimate of drug-likeness (QED) is 0.262. The van der Waals surface area contributed by atoms with E-state index in [1.165, 1.54) is 0 Å². The molecule has 9 heteroatoms. The summed E-state index contributed by atoms with van der Waals surface area (Å²) >= 11 is 3.34. The molecular formula is C28H19BrN4O4. The van der Waals surface area contributed by atoms with E-state index < -0.39 is 0 Å². The first-order valence-electron chi connectivity index (χ1n) is 11.3. The van der Waals surface area contributed by atoms with E-state index in [1.54, 1.807) is 73.1 Å². The van der Waals surface area contributed by atoms with Crippen LogP contribution in [0.25, 0.3) is 0 Å². The molecule has 0 aliphatic carbocycles. The summed E-state index contributed by atoms with van der Waals surface area (Å²) < 4.78 is 0. The van der Waals surface area contributed by atoms with E-state index in [-0.39, 0.29) is 23.6 Å². The fraction of sp³-hybridized carbons (Fsp3) is 0.0714. The van der Waals surface area contributed by atoms with E-state index in [4.69, 9.17) is 0 Å². The van der Waals surface area contributed by atoms with Crippen molar-refractivity contribution < 1.29 is 19.2 Å². The van der Waals surface area contributed by atoms with Gasteiger partial charge in [-0.1, -0.05) is 40.2 Å². The number of nitrogens with zero attached hydrogens (tertiary/aromatic N) is 4. The number of imide groups is 2. The Balaban J connectivity index is 0.000000152. The van der Waals surface area contributed by atoms with Crippen LogP contribution in [0, 0.1) is 6.92 Å². The number of carbonyl (C=O) groups is 4. The number of alkyl halides is 1. The van der Waals surface area contributed by atoms with Crippen LogP contribution in [0.5, 0.6) is 0 Å². The smallest absolute Gasteiger partial charge is 0.267 e. The monoisotopic (exact) mass is 554 g/mol. The average Bonchev–Trinajstić information content (AvgIpc) is 3.33. The Morgan fingerprint density at radius 1 is 0.622 bits per heavy atom. The SMILES string of the molecule is Cc1ccnc(N2C(=O)c3ccccc3C2=O)c1.O=C1c2ccccc2C(=O)N1c1cc(CBr)ccn1. The maximum Gasteiger partial charge on any atom is 0.267 e. The number of hydrogen-bond acceptors (Lipinski definition) is 6. The molecule has 37 heavy (non-hydrogen) atoms. The Hall–Kier alpha value is -4.50. The van der Waals surface area contributed by atoms with Gasteiger partial charge in [-0.2, -0.15) is 0 Å². The molecule has 0 N–H and O–H groups in total. The molecule has 2 aliphatic heterocycles. The molecule has 6 rings (SSSR count). The first-order chi connectivity index (χ1) is 17.9. The molecule has 0 saturated heterocycles. The van der Waals surface area contributed by atoms with Gasteiger partial charge in [-0.05, 0) is 66.6 Å². The Morgan fingerprint density at radius 3 is 1.43 bits per heavy atom. The van der Waals surface area contributed by atoms with Crippen molar-refractivity contribution in [2.45, 2.75) is 12.3 Å². The number of carbonyl (C=O) groups excluding carboxylic acids is 4. The van der Waals surface area contributed by atoms with Gasteiger partial charge >= 0.3 is 0 Å². The normalized spacial score (nSPS) is 13.9. The molecule has 182 valence electrons. The molecule has 2 aromatic heterocycles. The van der Waals surface area contributed by atoms with Crippen LogP contribution in [-0.2, 0) is 5.33 Å². The third-order valence-corrected chi connectivity index (χ3v) is 6.56. The zero-order valence-corrected chi connectivity index (χ0v) is 21.2. The minimum atomic E-state index is -0.320. The van der Waals surface area contributed by atoms with Crippen LogP contribution in [0.2, 0.25) is 0 Å². The van der Waals surface area contributed by atoms with Gasteiger partial charge in [-0.25, -0.2) is 19.8 Å². The Bertz CT molecular complexity index is 1520. The molecule has 4 heterocycles. The van der Waals surface area contributed by atoms with Crippen molar-refractivity contribution in [1.82, 2.24) is 9.97 Å². The number of benzene rings is 2. The zero-order valence-electron chi connectivity index (χ0n) is 19.6. The van der Waals surface area contributed by atoms with Crippen molar-refractivity contribution in [3.63, 3.8) is 0 Å². The lowest BCUT2D eigenvalue weighted by Crippen LogP contribution is -2.30. The molecule has 8 nitrogen and oxygen atoms in total. The number of pyridine rings is 2. The molecule has 0 bridgehead atoms. The van der Waals surface area contributed by atoms with Crippen molar-refractivity contribution >= 4 is 51.2 Å². The van der Waals surface area contributed by atoms with Gasteiger partial charge in [0.05, 0.1) is 22.3 Å². The van der Waals surface area contributed by atoms with E-state index >= 15 is 0 Å². The fourth-order valence-corrected chi connectivity index (χ4v) is 4.45. The molecule has 2 aromatic carbocycles. The summed E-state index contributed by atoms with van der Waals surface area (Å²) in [4.78, 5) is 59.3. The number of rotatable bonds is 3. The van der Waals surface area contributed by atoms with Crippen LogP contribution in [0.1, 0.15) is 52.6 Å². The summed E-state index contributed by atoms with van der Waals surface area (Å²) in [5, 5.41) is 0.645. The third-order valence-electron chi connectivity index (χ3n) is 5.91. The predicted octanol–water partition coefficient (Wildman–Crippen LogP) is 4.97. The molecule has 2 aliphatic rings. The topological polar surface area (TPSA) is 101 Å². The van der Waals surface area contributed by atoms with Crippen molar-refractivity contribution in [3.05, 3.63) is 119 Å². The van der Waals surface area contributed by atoms with Crippen molar-refractivity contribution in [3.8, 4) is 0 Å². The first kappa shape index (κ1) is 24.2. The molecule has 0 saturated carbocycles. The molecule has 4 amide bonds. The average molecular weight is 555 g/mol. The zero-order chi connectivity index (χ0) is 26.1. The highest BCUT2D eigenvalue weighted by molar-refractivity contribution is 9.08. The van der Waals surface area contributed by atoms with E-state index in [2.05, 4.69) is 25.9 Å². The first-order valence-corrected chi connectivity index (χ1v) is 12.4. The molecule has 0 fully saturated rings. The minimum absolute atomic E-state index is 0.311. The van der Waals surface area contributed by atoms with Crippen LogP contribution in [0.3, 0.4) is 0 Å². The maximum atomic E-state index is 12.3. The number of fused-ring (bicyclic) bond motifs is 2. The van der Waals surface area contributed by atoms with Gasteiger partial charge in [0.1, 0.15) is 11.6 Å². The van der Waals surface area contributed by atoms with E-state index in [1.807, 2.05) is 19.1 Å². The second-order valence-electron chi connectivity index (χ2n) is 8.33. The van der Waals surface area contributed by atoms with Gasteiger partial charge in [0.15, 0.2) is 0 Å². The molecule has 0 unspecified atom stereocenters. The van der Waals surface area contributed by atoms with Crippen molar-refractivity contribution in [2.75, 3.05) is 9.80 Å². The summed E-state index contributed by atoms with van der Waals surface area (Å²) in [6, 6.07) is 20.7. The summed E-state index contributed by atoms with van der Waals surface area (Å²) in [5.41, 5.74) is 3.65. The molecule has 0 radical (unpaired) electrons. The minimum Gasteiger partial charge on any atom is -0.268 e. The predicted molar refractivity (Wildman–Crippen MR) is 141 cm³/mol. The number of amides is 4. The third kappa shape index (κ3) is 4.34. The Kier molecular flexibility index (Phi) is 6.45. The maximum absolute atomic E-state index is 12.3. The van der Waals surface area contributed by atoms with E-state index in [0.29, 0.717) is 39.2 Å². The lowest BCUT2D eigenvalue weighted by atomic mass is 10.1. The van der Waals surface area contributed by atoms with Crippen LogP contribution >= 0.6 is 15.9 Å². The van der Waals surface area contributed by atoms with Crippen molar-refractivity contribution in [1.29, 1.82) is 0 Å². The summed E-state index contributed by atoms with van der Waals surface area (Å²) in [7, 11) is 0. The second-order valence-corrected chi connectivity index (χ2v) is 8.89. The number of halogens is 1. The standard InChI is InChI=1S/C14H9BrN2O2.C14H10N2O2/c15-8-9-5-6-16-12(7-9)17-13(18)10-3-1-2-4-11(10)14(17)19;1-9-6-7-15-12(8-9)16-13(17)10-4-2-3-5-11(10)14(16)18/h1-7H,8H2;2-8H,1H3. The lowest BCUT2D eigenvalue weighted by Gasteiger charge is -2.13. The van der Waals surface area contributed by atoms with Gasteiger partial charge in [-0.3, -0.25) is 19.2 Å². The number of aromatic nitrogens is 2. The van der Waals surface area contributed by atoms with Crippen molar-refractivity contribution in [2.24, 2.45) is 0 Å². The summed E-state index contributed by atoms with van der Waals surface area (Å²) in [5.74, 6) is -0.522. The highest BCUT2D eigenvalue weighted by atomic mass is 79.9. The molecular weight excluding hydrogens is 536 g/mol. The Labute approximate surface area is 220 Å². The Morgan fingerprint density at radius 2 is 1.03 bits per heavy atom. The van der Waals surface area contributed by atoms with Crippen LogP contribution in [0.4, 0.5) is 11.6 Å². The summed E-state index contributed by atoms with van der Waals surface area (Å²) in [6.45, 7) is 1.89. The number of hydrogen-bond donors (Lipinski definition) is 0. The number of anilines is 2. The highest BCUT2D eigenvalue weighted by Crippen LogP contribution is 2.28. The number of aryl methyl sites for hydroxylation is 1. The van der Waals surface area contributed by atoms with Crippen LogP contribution in [-0.4, -0.2) is 33.6 Å². The van der Waals surface area contributed by atoms with Crippen LogP contribution < -0.4 is 9.80 Å². The van der Waals surface area contributed by atoms with Gasteiger partial charge in [0.2, 0.25) is 0 Å². The summed E-state index contributed by atoms with van der Waals surface area (Å²) in [6.07, 6.45) is 3.18. The largest absolute Gasteiger partial charge is 0.268 e. The highest BCUT2D eigenvalue weighted by Gasteiger charge is 2.38. The molecule has 0 spiro atoms. The molecule has 4 aromatic rings. The van der Waals surface area contributed by atoms with E-state index in [0.717, 1.165) is 20.9 Å². The molecule has 0 atom stereocenters. The van der Waals surface area contributed by atoms with Gasteiger partial charge in [-0.15, -0.1) is 0 Å².